The molecule has 0 radical (unpaired) electrons. The summed E-state index contributed by atoms with van der Waals surface area (Å²) in [6.45, 7) is -0.273. The molecule has 34 heavy (non-hydrogen) atoms. The van der Waals surface area contributed by atoms with Gasteiger partial charge in [-0.3, -0.25) is 0 Å². The Labute approximate surface area is 189 Å². The van der Waals surface area contributed by atoms with Crippen LogP contribution in [-0.4, -0.2) is 34.8 Å². The summed E-state index contributed by atoms with van der Waals surface area (Å²) >= 11 is 0. The van der Waals surface area contributed by atoms with Gasteiger partial charge in [-0.25, -0.2) is 14.0 Å². The van der Waals surface area contributed by atoms with E-state index in [1.54, 1.807) is 12.1 Å². The molecule has 3 aromatic rings. The number of esters is 1. The summed E-state index contributed by atoms with van der Waals surface area (Å²) in [6.07, 6.45) is 0. The lowest BCUT2D eigenvalue weighted by Gasteiger charge is -2.30. The highest BCUT2D eigenvalue weighted by atomic mass is 19.4. The molecule has 0 spiro atoms. The second-order valence-corrected chi connectivity index (χ2v) is 7.61. The minimum atomic E-state index is -5.41. The smallest absolute Gasteiger partial charge is 0.382 e. The molecule has 0 heterocycles. The summed E-state index contributed by atoms with van der Waals surface area (Å²) < 4.78 is 75.1. The maximum absolute atomic E-state index is 14.8. The topological polar surface area (TPSA) is 66.8 Å². The van der Waals surface area contributed by atoms with Crippen LogP contribution in [0.15, 0.2) is 72.8 Å². The lowest BCUT2D eigenvalue weighted by molar-refractivity contribution is -0.340. The average molecular weight is 477 g/mol. The number of fused-ring (bicyclic) bond motifs is 3. The monoisotopic (exact) mass is 477 g/mol. The Bertz CT molecular complexity index is 1220. The highest BCUT2D eigenvalue weighted by Crippen LogP contribution is 2.47. The van der Waals surface area contributed by atoms with E-state index in [1.165, 1.54) is 0 Å². The molecule has 4 rings (SSSR count). The molecule has 1 unspecified atom stereocenters. The third-order valence-corrected chi connectivity index (χ3v) is 5.76. The van der Waals surface area contributed by atoms with Crippen LogP contribution in [0.1, 0.15) is 33.0 Å². The molecule has 10 heteroatoms. The first-order valence-electron chi connectivity index (χ1n) is 9.97. The first-order chi connectivity index (χ1) is 16.1. The maximum atomic E-state index is 14.8. The van der Waals surface area contributed by atoms with E-state index in [4.69, 9.17) is 9.84 Å². The summed E-state index contributed by atoms with van der Waals surface area (Å²) in [5.41, 5.74) is 1.04. The molecule has 1 aliphatic carbocycles. The van der Waals surface area contributed by atoms with Crippen LogP contribution in [0.25, 0.3) is 11.1 Å². The number of halogens is 5. The van der Waals surface area contributed by atoms with Crippen molar-refractivity contribution in [3.63, 3.8) is 0 Å². The molecule has 1 N–H and O–H groups in total. The van der Waals surface area contributed by atoms with Crippen molar-refractivity contribution in [2.24, 2.45) is 0 Å². The molecular weight excluding hydrogens is 461 g/mol. The fourth-order valence-electron chi connectivity index (χ4n) is 4.10. The lowest BCUT2D eigenvalue weighted by Crippen LogP contribution is -2.56. The first kappa shape index (κ1) is 23.4. The van der Waals surface area contributed by atoms with E-state index >= 15 is 0 Å². The van der Waals surface area contributed by atoms with Gasteiger partial charge in [-0.1, -0.05) is 75.7 Å². The number of carbonyl (C=O) groups excluding carboxylic acids is 1. The Hall–Kier alpha value is -3.79. The van der Waals surface area contributed by atoms with Crippen molar-refractivity contribution < 1.29 is 41.6 Å². The van der Waals surface area contributed by atoms with Crippen LogP contribution in [0.4, 0.5) is 22.1 Å². The molecule has 0 bridgehead atoms. The van der Waals surface area contributed by atoms with E-state index in [0.717, 1.165) is 40.5 Å². The number of hydrogen-bond acceptors (Lipinski definition) is 4. The normalized spacial score (nSPS) is 14.9. The molecule has 0 saturated heterocycles. The van der Waals surface area contributed by atoms with Crippen molar-refractivity contribution in [3.05, 3.63) is 95.1 Å². The van der Waals surface area contributed by atoms with Crippen LogP contribution in [0.3, 0.4) is 0 Å². The number of rotatable bonds is 7. The van der Waals surface area contributed by atoms with Gasteiger partial charge in [0.15, 0.2) is 0 Å². The third kappa shape index (κ3) is 3.50. The molecule has 0 fully saturated rings. The number of aliphatic carboxylic acids is 1. The quantitative estimate of drug-likeness (QED) is 0.209. The Morgan fingerprint density at radius 2 is 1.35 bits per heavy atom. The Morgan fingerprint density at radius 3 is 1.88 bits per heavy atom. The predicted octanol–water partition coefficient (Wildman–Crippen LogP) is 5.57. The van der Waals surface area contributed by atoms with Crippen molar-refractivity contribution in [2.75, 3.05) is 6.61 Å². The molecule has 0 amide bonds. The summed E-state index contributed by atoms with van der Waals surface area (Å²) in [5.74, 6) is -15.6. The molecular formula is C24H16F5NO4. The highest BCUT2D eigenvalue weighted by molar-refractivity contribution is 5.92. The number of carboxylic acid groups (broad SMARTS) is 1. The van der Waals surface area contributed by atoms with Crippen LogP contribution < -0.4 is 0 Å². The second kappa shape index (κ2) is 8.53. The minimum absolute atomic E-state index is 0.273. The fourth-order valence-corrected chi connectivity index (χ4v) is 4.10. The second-order valence-electron chi connectivity index (χ2n) is 7.61. The predicted molar refractivity (Wildman–Crippen MR) is 110 cm³/mol. The average Bonchev–Trinajstić information content (AvgIpc) is 3.15. The van der Waals surface area contributed by atoms with E-state index in [-0.39, 0.29) is 6.61 Å². The molecule has 1 atom stereocenters. The Balaban J connectivity index is 1.65. The van der Waals surface area contributed by atoms with Gasteiger partial charge in [0.25, 0.3) is 0 Å². The number of hydrogen-bond donors (Lipinski definition) is 1. The highest BCUT2D eigenvalue weighted by Gasteiger charge is 2.69. The van der Waals surface area contributed by atoms with Gasteiger partial charge in [0, 0.05) is 11.5 Å². The van der Waals surface area contributed by atoms with Crippen molar-refractivity contribution in [1.29, 1.82) is 0 Å². The lowest BCUT2D eigenvalue weighted by atomic mass is 9.94. The third-order valence-electron chi connectivity index (χ3n) is 5.76. The van der Waals surface area contributed by atoms with Crippen molar-refractivity contribution >= 4 is 11.9 Å². The summed E-state index contributed by atoms with van der Waals surface area (Å²) in [5, 5.41) is 6.04. The van der Waals surface area contributed by atoms with Gasteiger partial charge in [0.05, 0.1) is 10.9 Å². The summed E-state index contributed by atoms with van der Waals surface area (Å²) in [4.78, 5) is 23.7. The SMILES string of the molecule is O=C(OCC1c2ccccc2-c2ccccc21)c1ccccc1C(F)(F)C(F)(C(=O)O)N(F)F. The van der Waals surface area contributed by atoms with Crippen LogP contribution >= 0.6 is 0 Å². The van der Waals surface area contributed by atoms with Gasteiger partial charge in [0.1, 0.15) is 6.61 Å². The molecule has 0 aliphatic heterocycles. The molecule has 1 aliphatic rings. The number of ether oxygens (including phenoxy) is 1. The Kier molecular flexibility index (Phi) is 5.86. The van der Waals surface area contributed by atoms with Crippen molar-refractivity contribution in [2.45, 2.75) is 17.6 Å². The van der Waals surface area contributed by atoms with Gasteiger partial charge in [-0.2, -0.15) is 8.78 Å². The van der Waals surface area contributed by atoms with Crippen LogP contribution in [-0.2, 0) is 15.5 Å². The minimum Gasteiger partial charge on any atom is -0.478 e. The van der Waals surface area contributed by atoms with E-state index < -0.39 is 46.0 Å². The number of alkyl halides is 3. The van der Waals surface area contributed by atoms with Gasteiger partial charge in [0.2, 0.25) is 0 Å². The zero-order valence-corrected chi connectivity index (χ0v) is 17.2. The van der Waals surface area contributed by atoms with Crippen LogP contribution in [0.5, 0.6) is 0 Å². The van der Waals surface area contributed by atoms with Gasteiger partial charge < -0.3 is 9.84 Å². The summed E-state index contributed by atoms with van der Waals surface area (Å²) in [7, 11) is 0. The summed E-state index contributed by atoms with van der Waals surface area (Å²) in [6, 6.07) is 18.1. The van der Waals surface area contributed by atoms with Gasteiger partial charge in [-0.05, 0) is 28.3 Å². The van der Waals surface area contributed by atoms with E-state index in [1.807, 2.05) is 36.4 Å². The van der Waals surface area contributed by atoms with Crippen molar-refractivity contribution in [1.82, 2.24) is 5.34 Å². The van der Waals surface area contributed by atoms with Gasteiger partial charge in [-0.15, -0.1) is 0 Å². The molecule has 0 saturated carbocycles. The van der Waals surface area contributed by atoms with Crippen molar-refractivity contribution in [3.8, 4) is 11.1 Å². The standard InChI is InChI=1S/C24H16F5NO4/c25-23(26,24(27,22(32)33)30(28)29)20-12-6-5-11-18(20)21(31)34-13-19-16-9-3-1-7-14(16)15-8-2-4-10-17(15)19/h1-12,19H,13H2,(H,32,33). The molecule has 176 valence electrons. The number of nitrogens with zero attached hydrogens (tertiary/aromatic N) is 1. The van der Waals surface area contributed by atoms with E-state index in [0.29, 0.717) is 6.07 Å². The van der Waals surface area contributed by atoms with Crippen LogP contribution in [0, 0.1) is 0 Å². The van der Waals surface area contributed by atoms with E-state index in [2.05, 4.69) is 0 Å². The molecule has 3 aromatic carbocycles. The number of carboxylic acids is 1. The molecule has 0 aromatic heterocycles. The zero-order chi connectivity index (χ0) is 24.7. The zero-order valence-electron chi connectivity index (χ0n) is 17.2. The van der Waals surface area contributed by atoms with Gasteiger partial charge >= 0.3 is 23.7 Å². The van der Waals surface area contributed by atoms with E-state index in [9.17, 15) is 31.7 Å². The maximum Gasteiger partial charge on any atom is 0.382 e. The van der Waals surface area contributed by atoms with Crippen LogP contribution in [0.2, 0.25) is 0 Å². The molecule has 5 nitrogen and oxygen atoms in total. The number of benzene rings is 3. The Morgan fingerprint density at radius 1 is 0.853 bits per heavy atom. The first-order valence-corrected chi connectivity index (χ1v) is 9.97. The largest absolute Gasteiger partial charge is 0.478 e. The fraction of sp³-hybridized carbons (Fsp3) is 0.167. The number of carbonyl (C=O) groups is 2.